The Hall–Kier alpha value is -3.04. The normalized spacial score (nSPS) is 26.4. The topological polar surface area (TPSA) is 21.6 Å². The molecule has 0 amide bonds. The number of fused-ring (bicyclic) bond motifs is 8. The number of rotatable bonds is 2. The smallest absolute Gasteiger partial charge is 0.128 e. The van der Waals surface area contributed by atoms with Crippen LogP contribution in [-0.4, -0.2) is 18.0 Å². The van der Waals surface area contributed by atoms with E-state index in [2.05, 4.69) is 78.5 Å². The third-order valence-corrected chi connectivity index (χ3v) is 11.3. The Bertz CT molecular complexity index is 1650. The quantitative estimate of drug-likeness (QED) is 0.276. The molecular formula is C34H29NOS. The molecule has 0 N–H and O–H groups in total. The summed E-state index contributed by atoms with van der Waals surface area (Å²) in [7, 11) is 0. The monoisotopic (exact) mass is 499 g/mol. The molecule has 2 aliphatic carbocycles. The Morgan fingerprint density at radius 3 is 2.73 bits per heavy atom. The van der Waals surface area contributed by atoms with Crippen molar-refractivity contribution in [1.82, 2.24) is 0 Å². The SMILES string of the molecule is c1ccc2c3c(-c4ccc5c(c4)C4CSC5C(c5ccc6c(c5)CCC5=NCC6C5)C4)cc(c2c1)OC3. The summed E-state index contributed by atoms with van der Waals surface area (Å²) in [5.41, 5.74) is 13.4. The molecule has 6 bridgehead atoms. The maximum absolute atomic E-state index is 6.04. The number of hydrogen-bond donors (Lipinski definition) is 0. The van der Waals surface area contributed by atoms with Gasteiger partial charge in [-0.3, -0.25) is 4.99 Å². The molecule has 182 valence electrons. The molecule has 11 rings (SSSR count). The van der Waals surface area contributed by atoms with E-state index in [1.54, 1.807) is 27.8 Å². The largest absolute Gasteiger partial charge is 0.488 e. The minimum Gasteiger partial charge on any atom is -0.488 e. The first-order chi connectivity index (χ1) is 18.3. The lowest BCUT2D eigenvalue weighted by Crippen LogP contribution is -2.28. The molecule has 7 aliphatic rings. The highest BCUT2D eigenvalue weighted by molar-refractivity contribution is 7.99. The molecule has 3 heteroatoms. The van der Waals surface area contributed by atoms with E-state index in [1.165, 1.54) is 58.2 Å². The number of benzene rings is 4. The van der Waals surface area contributed by atoms with Gasteiger partial charge >= 0.3 is 0 Å². The highest BCUT2D eigenvalue weighted by Crippen LogP contribution is 2.59. The van der Waals surface area contributed by atoms with Crippen LogP contribution in [0, 0.1) is 0 Å². The Balaban J connectivity index is 1.09. The van der Waals surface area contributed by atoms with Crippen molar-refractivity contribution < 1.29 is 4.74 Å². The maximum atomic E-state index is 6.04. The summed E-state index contributed by atoms with van der Waals surface area (Å²) in [6.45, 7) is 1.69. The minimum absolute atomic E-state index is 0.571. The highest BCUT2D eigenvalue weighted by atomic mass is 32.2. The second-order valence-corrected chi connectivity index (χ2v) is 12.8. The Kier molecular flexibility index (Phi) is 4.38. The second-order valence-electron chi connectivity index (χ2n) is 11.6. The minimum atomic E-state index is 0.571. The van der Waals surface area contributed by atoms with Crippen LogP contribution in [0.1, 0.15) is 75.6 Å². The van der Waals surface area contributed by atoms with Gasteiger partial charge in [0.05, 0.1) is 0 Å². The second kappa shape index (κ2) is 7.74. The standard InChI is InChI=1S/C34H29NOS/c1-2-4-27-26(3-1)32-17-36-33(27)15-30(32)21-7-10-28-29(13-21)23-14-31(34(28)37-18-23)20-6-9-25-19(11-20)5-8-24-12-22(25)16-35-24/h1-4,6-7,9-11,13,15,22-23,31,34H,5,8,12,14,16-18H2. The van der Waals surface area contributed by atoms with Gasteiger partial charge in [-0.2, -0.15) is 11.8 Å². The zero-order chi connectivity index (χ0) is 24.1. The Morgan fingerprint density at radius 2 is 1.76 bits per heavy atom. The predicted octanol–water partition coefficient (Wildman–Crippen LogP) is 8.33. The zero-order valence-electron chi connectivity index (χ0n) is 20.9. The molecule has 4 atom stereocenters. The fourth-order valence-electron chi connectivity index (χ4n) is 7.90. The molecule has 0 spiro atoms. The first kappa shape index (κ1) is 21.0. The lowest BCUT2D eigenvalue weighted by atomic mass is 9.72. The molecule has 2 nitrogen and oxygen atoms in total. The molecule has 37 heavy (non-hydrogen) atoms. The fourth-order valence-corrected chi connectivity index (χ4v) is 9.55. The molecule has 4 unspecified atom stereocenters. The van der Waals surface area contributed by atoms with E-state index in [-0.39, 0.29) is 0 Å². The first-order valence-electron chi connectivity index (χ1n) is 13.9. The van der Waals surface area contributed by atoms with Crippen molar-refractivity contribution in [1.29, 1.82) is 0 Å². The molecule has 1 saturated heterocycles. The van der Waals surface area contributed by atoms with E-state index in [9.17, 15) is 0 Å². The summed E-state index contributed by atoms with van der Waals surface area (Å²) in [4.78, 5) is 4.79. The van der Waals surface area contributed by atoms with Crippen molar-refractivity contribution in [2.45, 2.75) is 55.3 Å². The average molecular weight is 500 g/mol. The van der Waals surface area contributed by atoms with E-state index in [4.69, 9.17) is 9.73 Å². The van der Waals surface area contributed by atoms with Crippen molar-refractivity contribution in [2.24, 2.45) is 4.99 Å². The number of ether oxygens (including phenoxy) is 1. The fraction of sp³-hybridized carbons (Fsp3) is 0.324. The van der Waals surface area contributed by atoms with Crippen LogP contribution in [0.2, 0.25) is 0 Å². The van der Waals surface area contributed by atoms with Crippen molar-refractivity contribution in [2.75, 3.05) is 12.3 Å². The van der Waals surface area contributed by atoms with Gasteiger partial charge in [0.2, 0.25) is 0 Å². The predicted molar refractivity (Wildman–Crippen MR) is 153 cm³/mol. The summed E-state index contributed by atoms with van der Waals surface area (Å²) >= 11 is 2.19. The van der Waals surface area contributed by atoms with E-state index in [0.717, 1.165) is 18.7 Å². The number of nitrogens with zero attached hydrogens (tertiary/aromatic N) is 1. The van der Waals surface area contributed by atoms with Gasteiger partial charge < -0.3 is 4.74 Å². The van der Waals surface area contributed by atoms with E-state index in [0.29, 0.717) is 29.6 Å². The van der Waals surface area contributed by atoms with Crippen molar-refractivity contribution in [3.63, 3.8) is 0 Å². The van der Waals surface area contributed by atoms with Gasteiger partial charge in [0.25, 0.3) is 0 Å². The lowest BCUT2D eigenvalue weighted by Gasteiger charge is -2.44. The van der Waals surface area contributed by atoms with Crippen molar-refractivity contribution in [3.05, 3.63) is 100 Å². The first-order valence-corrected chi connectivity index (χ1v) is 14.9. The number of hydrogen-bond acceptors (Lipinski definition) is 3. The summed E-state index contributed by atoms with van der Waals surface area (Å²) in [5, 5.41) is 3.16. The van der Waals surface area contributed by atoms with Crippen LogP contribution in [0.3, 0.4) is 0 Å². The summed E-state index contributed by atoms with van der Waals surface area (Å²) in [6, 6.07) is 25.9. The summed E-state index contributed by atoms with van der Waals surface area (Å²) in [6.07, 6.45) is 4.81. The average Bonchev–Trinajstić information content (AvgIpc) is 3.37. The zero-order valence-corrected chi connectivity index (χ0v) is 21.7. The molecule has 5 aliphatic heterocycles. The molecule has 0 saturated carbocycles. The van der Waals surface area contributed by atoms with Gasteiger partial charge in [-0.1, -0.05) is 60.7 Å². The maximum Gasteiger partial charge on any atom is 0.128 e. The van der Waals surface area contributed by atoms with Gasteiger partial charge in [-0.05, 0) is 82.0 Å². The van der Waals surface area contributed by atoms with Crippen LogP contribution in [0.25, 0.3) is 21.9 Å². The van der Waals surface area contributed by atoms with E-state index in [1.807, 2.05) is 0 Å². The van der Waals surface area contributed by atoms with Crippen LogP contribution in [-0.2, 0) is 13.0 Å². The molecule has 0 radical (unpaired) electrons. The molecule has 1 fully saturated rings. The van der Waals surface area contributed by atoms with Crippen molar-refractivity contribution in [3.8, 4) is 16.9 Å². The lowest BCUT2D eigenvalue weighted by molar-refractivity contribution is 0.304. The van der Waals surface area contributed by atoms with Gasteiger partial charge in [0, 0.05) is 46.0 Å². The number of aryl methyl sites for hydroxylation is 1. The number of thioether (sulfide) groups is 1. The van der Waals surface area contributed by atoms with Gasteiger partial charge in [0.15, 0.2) is 0 Å². The highest BCUT2D eigenvalue weighted by Gasteiger charge is 2.41. The molecule has 5 heterocycles. The molecule has 0 aromatic heterocycles. The Labute approximate surface area is 222 Å². The van der Waals surface area contributed by atoms with Crippen LogP contribution < -0.4 is 4.74 Å². The molecule has 4 aromatic carbocycles. The summed E-state index contributed by atoms with van der Waals surface area (Å²) < 4.78 is 6.04. The van der Waals surface area contributed by atoms with Gasteiger partial charge in [0.1, 0.15) is 12.4 Å². The molecular weight excluding hydrogens is 470 g/mol. The van der Waals surface area contributed by atoms with Crippen LogP contribution in [0.4, 0.5) is 0 Å². The van der Waals surface area contributed by atoms with Crippen molar-refractivity contribution >= 4 is 28.2 Å². The molecule has 4 aromatic rings. The van der Waals surface area contributed by atoms with Crippen LogP contribution in [0.5, 0.6) is 5.75 Å². The van der Waals surface area contributed by atoms with E-state index >= 15 is 0 Å². The third kappa shape index (κ3) is 3.04. The van der Waals surface area contributed by atoms with Gasteiger partial charge in [-0.15, -0.1) is 0 Å². The Morgan fingerprint density at radius 1 is 0.838 bits per heavy atom. The van der Waals surface area contributed by atoms with Crippen LogP contribution in [0.15, 0.2) is 71.7 Å². The third-order valence-electron chi connectivity index (χ3n) is 9.75. The van der Waals surface area contributed by atoms with Crippen LogP contribution >= 0.6 is 11.8 Å². The summed E-state index contributed by atoms with van der Waals surface area (Å²) in [5.74, 6) is 4.18. The number of aliphatic imine (C=N–C) groups is 1. The van der Waals surface area contributed by atoms with E-state index < -0.39 is 0 Å². The van der Waals surface area contributed by atoms with Gasteiger partial charge in [-0.25, -0.2) is 0 Å².